The van der Waals surface area contributed by atoms with E-state index in [1.807, 2.05) is 24.3 Å². The number of aliphatic hydroxyl groups is 1. The topological polar surface area (TPSA) is 58.5 Å². The molecule has 0 amide bonds. The monoisotopic (exact) mass is 299 g/mol. The highest BCUT2D eigenvalue weighted by molar-refractivity contribution is 5.51. The average molecular weight is 299 g/mol. The van der Waals surface area contributed by atoms with Crippen molar-refractivity contribution in [3.63, 3.8) is 0 Å². The number of aliphatic hydroxyl groups excluding tert-OH is 1. The van der Waals surface area contributed by atoms with E-state index in [0.29, 0.717) is 13.1 Å². The van der Waals surface area contributed by atoms with Gasteiger partial charge in [-0.25, -0.2) is 9.97 Å². The summed E-state index contributed by atoms with van der Waals surface area (Å²) in [6.45, 7) is 1.30. The predicted molar refractivity (Wildman–Crippen MR) is 85.2 cm³/mol. The summed E-state index contributed by atoms with van der Waals surface area (Å²) in [6.07, 6.45) is 4.79. The molecule has 116 valence electrons. The molecule has 0 radical (unpaired) electrons. The van der Waals surface area contributed by atoms with Crippen molar-refractivity contribution in [2.24, 2.45) is 0 Å². The van der Waals surface area contributed by atoms with Gasteiger partial charge in [0.05, 0.1) is 13.7 Å². The third-order valence-electron chi connectivity index (χ3n) is 4.08. The Bertz CT molecular complexity index is 646. The van der Waals surface area contributed by atoms with Crippen molar-refractivity contribution in [1.82, 2.24) is 9.97 Å². The van der Waals surface area contributed by atoms with Crippen molar-refractivity contribution in [2.45, 2.75) is 25.8 Å². The number of rotatable bonds is 6. The van der Waals surface area contributed by atoms with Crippen LogP contribution in [-0.2, 0) is 19.4 Å². The van der Waals surface area contributed by atoms with E-state index in [2.05, 4.69) is 14.9 Å². The highest BCUT2D eigenvalue weighted by Crippen LogP contribution is 2.29. The first-order valence-corrected chi connectivity index (χ1v) is 7.64. The molecule has 3 rings (SSSR count). The lowest BCUT2D eigenvalue weighted by Gasteiger charge is -2.25. The minimum Gasteiger partial charge on any atom is -0.496 e. The van der Waals surface area contributed by atoms with Crippen LogP contribution in [-0.4, -0.2) is 35.3 Å². The zero-order valence-corrected chi connectivity index (χ0v) is 12.8. The molecule has 2 aromatic rings. The summed E-state index contributed by atoms with van der Waals surface area (Å²) < 4.78 is 5.43. The van der Waals surface area contributed by atoms with Gasteiger partial charge < -0.3 is 14.7 Å². The molecule has 1 heterocycles. The Morgan fingerprint density at radius 2 is 2.09 bits per heavy atom. The van der Waals surface area contributed by atoms with Crippen LogP contribution in [0.25, 0.3) is 0 Å². The third-order valence-corrected chi connectivity index (χ3v) is 4.08. The smallest absolute Gasteiger partial charge is 0.135 e. The van der Waals surface area contributed by atoms with Crippen LogP contribution in [0.2, 0.25) is 0 Å². The second-order valence-corrected chi connectivity index (χ2v) is 5.43. The van der Waals surface area contributed by atoms with E-state index in [4.69, 9.17) is 4.74 Å². The normalized spacial score (nSPS) is 13.0. The number of nitrogens with zero attached hydrogens (tertiary/aromatic N) is 3. The van der Waals surface area contributed by atoms with Crippen molar-refractivity contribution in [3.8, 4) is 5.75 Å². The molecule has 1 aliphatic carbocycles. The van der Waals surface area contributed by atoms with Crippen LogP contribution in [0.4, 0.5) is 5.82 Å². The van der Waals surface area contributed by atoms with Gasteiger partial charge in [0, 0.05) is 29.9 Å². The van der Waals surface area contributed by atoms with Gasteiger partial charge in [0.1, 0.15) is 17.9 Å². The molecule has 0 saturated carbocycles. The maximum Gasteiger partial charge on any atom is 0.135 e. The minimum atomic E-state index is 0.0912. The molecule has 1 aromatic heterocycles. The first kappa shape index (κ1) is 14.8. The van der Waals surface area contributed by atoms with Crippen molar-refractivity contribution < 1.29 is 9.84 Å². The molecule has 1 aromatic carbocycles. The van der Waals surface area contributed by atoms with Crippen LogP contribution in [0.15, 0.2) is 30.6 Å². The number of anilines is 1. The van der Waals surface area contributed by atoms with Crippen LogP contribution in [0.5, 0.6) is 5.75 Å². The Morgan fingerprint density at radius 3 is 2.91 bits per heavy atom. The Morgan fingerprint density at radius 1 is 1.23 bits per heavy atom. The van der Waals surface area contributed by atoms with Gasteiger partial charge in [-0.05, 0) is 25.3 Å². The second kappa shape index (κ2) is 6.75. The molecule has 0 unspecified atom stereocenters. The molecule has 0 atom stereocenters. The molecular formula is C17H21N3O2. The summed E-state index contributed by atoms with van der Waals surface area (Å²) in [7, 11) is 1.68. The molecule has 1 N–H and O–H groups in total. The van der Waals surface area contributed by atoms with Crippen molar-refractivity contribution in [2.75, 3.05) is 25.2 Å². The number of para-hydroxylation sites is 1. The summed E-state index contributed by atoms with van der Waals surface area (Å²) in [5.41, 5.74) is 3.46. The van der Waals surface area contributed by atoms with Gasteiger partial charge in [0.25, 0.3) is 0 Å². The fraction of sp³-hybridized carbons (Fsp3) is 0.412. The van der Waals surface area contributed by atoms with Crippen LogP contribution >= 0.6 is 0 Å². The molecule has 0 spiro atoms. The zero-order valence-electron chi connectivity index (χ0n) is 12.8. The molecule has 5 heteroatoms. The lowest BCUT2D eigenvalue weighted by Crippen LogP contribution is -2.28. The Labute approximate surface area is 130 Å². The number of methoxy groups -OCH3 is 1. The maximum absolute atomic E-state index is 9.43. The van der Waals surface area contributed by atoms with E-state index < -0.39 is 0 Å². The van der Waals surface area contributed by atoms with Gasteiger partial charge in [-0.2, -0.15) is 0 Å². The second-order valence-electron chi connectivity index (χ2n) is 5.43. The van der Waals surface area contributed by atoms with Crippen LogP contribution < -0.4 is 9.64 Å². The number of ether oxygens (including phenoxy) is 1. The fourth-order valence-electron chi connectivity index (χ4n) is 3.03. The number of hydrogen-bond donors (Lipinski definition) is 1. The van der Waals surface area contributed by atoms with Gasteiger partial charge in [-0.15, -0.1) is 0 Å². The molecule has 5 nitrogen and oxygen atoms in total. The number of benzene rings is 1. The summed E-state index contributed by atoms with van der Waals surface area (Å²) in [5.74, 6) is 1.80. The standard InChI is InChI=1S/C17H21N3O2/c1-22-16-8-3-2-5-13(16)11-20(9-10-21)17-14-6-4-7-15(14)18-12-19-17/h2-3,5,8,12,21H,4,6-7,9-11H2,1H3. The number of hydrogen-bond acceptors (Lipinski definition) is 5. The van der Waals surface area contributed by atoms with E-state index >= 15 is 0 Å². The molecule has 0 aliphatic heterocycles. The largest absolute Gasteiger partial charge is 0.496 e. The van der Waals surface area contributed by atoms with Crippen molar-refractivity contribution in [1.29, 1.82) is 0 Å². The SMILES string of the molecule is COc1ccccc1CN(CCO)c1ncnc2c1CCC2. The molecule has 22 heavy (non-hydrogen) atoms. The molecule has 0 fully saturated rings. The number of fused-ring (bicyclic) bond motifs is 1. The Hall–Kier alpha value is -2.14. The first-order chi connectivity index (χ1) is 10.8. The highest BCUT2D eigenvalue weighted by atomic mass is 16.5. The average Bonchev–Trinajstić information content (AvgIpc) is 3.03. The summed E-state index contributed by atoms with van der Waals surface area (Å²) in [5, 5.41) is 9.43. The Balaban J connectivity index is 1.92. The highest BCUT2D eigenvalue weighted by Gasteiger charge is 2.21. The number of aromatic nitrogens is 2. The first-order valence-electron chi connectivity index (χ1n) is 7.64. The van der Waals surface area contributed by atoms with Gasteiger partial charge in [-0.3, -0.25) is 0 Å². The van der Waals surface area contributed by atoms with Crippen LogP contribution in [0.3, 0.4) is 0 Å². The van der Waals surface area contributed by atoms with E-state index in [-0.39, 0.29) is 6.61 Å². The van der Waals surface area contributed by atoms with Gasteiger partial charge in [0.15, 0.2) is 0 Å². The molecule has 0 saturated heterocycles. The van der Waals surface area contributed by atoms with E-state index in [1.165, 1.54) is 5.56 Å². The van der Waals surface area contributed by atoms with Crippen LogP contribution in [0.1, 0.15) is 23.2 Å². The van der Waals surface area contributed by atoms with Crippen LogP contribution in [0, 0.1) is 0 Å². The van der Waals surface area contributed by atoms with Crippen molar-refractivity contribution >= 4 is 5.82 Å². The molecule has 1 aliphatic rings. The predicted octanol–water partition coefficient (Wildman–Crippen LogP) is 1.97. The lowest BCUT2D eigenvalue weighted by atomic mass is 10.1. The molecular weight excluding hydrogens is 278 g/mol. The summed E-state index contributed by atoms with van der Waals surface area (Å²) in [4.78, 5) is 11.0. The fourth-order valence-corrected chi connectivity index (χ4v) is 3.03. The van der Waals surface area contributed by atoms with E-state index in [1.54, 1.807) is 13.4 Å². The zero-order chi connectivity index (χ0) is 15.4. The number of aryl methyl sites for hydroxylation is 1. The maximum atomic E-state index is 9.43. The Kier molecular flexibility index (Phi) is 4.53. The lowest BCUT2D eigenvalue weighted by molar-refractivity contribution is 0.300. The third kappa shape index (κ3) is 2.90. The van der Waals surface area contributed by atoms with Gasteiger partial charge >= 0.3 is 0 Å². The quantitative estimate of drug-likeness (QED) is 0.884. The summed E-state index contributed by atoms with van der Waals surface area (Å²) in [6, 6.07) is 7.96. The van der Waals surface area contributed by atoms with E-state index in [0.717, 1.165) is 42.1 Å². The summed E-state index contributed by atoms with van der Waals surface area (Å²) >= 11 is 0. The van der Waals surface area contributed by atoms with Crippen molar-refractivity contribution in [3.05, 3.63) is 47.4 Å². The molecule has 0 bridgehead atoms. The minimum absolute atomic E-state index is 0.0912. The van der Waals surface area contributed by atoms with E-state index in [9.17, 15) is 5.11 Å². The van der Waals surface area contributed by atoms with Gasteiger partial charge in [-0.1, -0.05) is 18.2 Å². The van der Waals surface area contributed by atoms with Gasteiger partial charge in [0.2, 0.25) is 0 Å².